The van der Waals surface area contributed by atoms with Gasteiger partial charge in [-0.2, -0.15) is 5.10 Å². The highest BCUT2D eigenvalue weighted by Crippen LogP contribution is 2.11. The molecule has 0 saturated heterocycles. The molecule has 0 aromatic carbocycles. The molecule has 5 heteroatoms. The standard InChI is InChI=1S/C8H10Cl2N2O/c1-2-12-5-8(4-11-12)13-6-7(10)3-9/h3-5H,2,6H2,1H3/b7-3-. The monoisotopic (exact) mass is 220 g/mol. The SMILES string of the molecule is CCn1cc(OC/C(Cl)=C/Cl)cn1. The molecule has 0 atom stereocenters. The predicted molar refractivity (Wildman–Crippen MR) is 53.2 cm³/mol. The van der Waals surface area contributed by atoms with E-state index in [1.54, 1.807) is 17.1 Å². The van der Waals surface area contributed by atoms with Crippen LogP contribution in [-0.2, 0) is 6.54 Å². The van der Waals surface area contributed by atoms with Crippen LogP contribution in [0.5, 0.6) is 5.75 Å². The second-order valence-electron chi connectivity index (χ2n) is 2.38. The molecule has 1 aromatic rings. The summed E-state index contributed by atoms with van der Waals surface area (Å²) < 4.78 is 7.04. The Bertz CT molecular complexity index is 296. The van der Waals surface area contributed by atoms with E-state index in [-0.39, 0.29) is 6.61 Å². The third-order valence-electron chi connectivity index (χ3n) is 1.43. The number of hydrogen-bond donors (Lipinski definition) is 0. The van der Waals surface area contributed by atoms with Crippen molar-refractivity contribution in [1.82, 2.24) is 9.78 Å². The Hall–Kier alpha value is -0.670. The molecule has 3 nitrogen and oxygen atoms in total. The zero-order valence-electron chi connectivity index (χ0n) is 7.20. The van der Waals surface area contributed by atoms with Crippen LogP contribution in [0.1, 0.15) is 6.92 Å². The molecule has 0 saturated carbocycles. The van der Waals surface area contributed by atoms with Gasteiger partial charge in [-0.15, -0.1) is 0 Å². The minimum Gasteiger partial charge on any atom is -0.485 e. The van der Waals surface area contributed by atoms with Crippen LogP contribution in [0.3, 0.4) is 0 Å². The Morgan fingerprint density at radius 2 is 2.54 bits per heavy atom. The van der Waals surface area contributed by atoms with Gasteiger partial charge >= 0.3 is 0 Å². The summed E-state index contributed by atoms with van der Waals surface area (Å²) >= 11 is 11.0. The van der Waals surface area contributed by atoms with E-state index in [1.165, 1.54) is 5.54 Å². The van der Waals surface area contributed by atoms with Gasteiger partial charge in [0.15, 0.2) is 5.75 Å². The van der Waals surface area contributed by atoms with Crippen LogP contribution in [0, 0.1) is 0 Å². The number of hydrogen-bond acceptors (Lipinski definition) is 2. The van der Waals surface area contributed by atoms with E-state index in [0.29, 0.717) is 10.8 Å². The van der Waals surface area contributed by atoms with Gasteiger partial charge in [0.25, 0.3) is 0 Å². The lowest BCUT2D eigenvalue weighted by molar-refractivity contribution is 0.359. The fourth-order valence-electron chi connectivity index (χ4n) is 0.776. The number of rotatable bonds is 4. The molecular weight excluding hydrogens is 211 g/mol. The van der Waals surface area contributed by atoms with Crippen LogP contribution >= 0.6 is 23.2 Å². The summed E-state index contributed by atoms with van der Waals surface area (Å²) in [6.45, 7) is 3.10. The topological polar surface area (TPSA) is 27.1 Å². The average molecular weight is 221 g/mol. The van der Waals surface area contributed by atoms with Crippen LogP contribution in [0.2, 0.25) is 0 Å². The van der Waals surface area contributed by atoms with E-state index >= 15 is 0 Å². The highest BCUT2D eigenvalue weighted by atomic mass is 35.5. The van der Waals surface area contributed by atoms with Crippen molar-refractivity contribution in [3.05, 3.63) is 23.0 Å². The van der Waals surface area contributed by atoms with Crippen LogP contribution in [-0.4, -0.2) is 16.4 Å². The van der Waals surface area contributed by atoms with Gasteiger partial charge in [0.05, 0.1) is 17.4 Å². The van der Waals surface area contributed by atoms with E-state index in [9.17, 15) is 0 Å². The summed E-state index contributed by atoms with van der Waals surface area (Å²) in [7, 11) is 0. The quantitative estimate of drug-likeness (QED) is 0.781. The maximum atomic E-state index is 5.63. The van der Waals surface area contributed by atoms with Gasteiger partial charge in [0.2, 0.25) is 0 Å². The lowest BCUT2D eigenvalue weighted by atomic mass is 10.6. The third kappa shape index (κ3) is 3.28. The van der Waals surface area contributed by atoms with Crippen LogP contribution in [0.25, 0.3) is 0 Å². The maximum absolute atomic E-state index is 5.63. The third-order valence-corrected chi connectivity index (χ3v) is 2.02. The molecule has 1 aromatic heterocycles. The van der Waals surface area contributed by atoms with Gasteiger partial charge < -0.3 is 4.74 Å². The van der Waals surface area contributed by atoms with Gasteiger partial charge in [0, 0.05) is 12.1 Å². The summed E-state index contributed by atoms with van der Waals surface area (Å²) in [5.41, 5.74) is 1.28. The number of aryl methyl sites for hydroxylation is 1. The maximum Gasteiger partial charge on any atom is 0.157 e. The van der Waals surface area contributed by atoms with Crippen molar-refractivity contribution in [2.24, 2.45) is 0 Å². The summed E-state index contributed by atoms with van der Waals surface area (Å²) in [6, 6.07) is 0. The Morgan fingerprint density at radius 1 is 1.77 bits per heavy atom. The van der Waals surface area contributed by atoms with E-state index in [1.807, 2.05) is 6.92 Å². The Kier molecular flexibility index (Phi) is 4.12. The molecule has 13 heavy (non-hydrogen) atoms. The average Bonchev–Trinajstić information content (AvgIpc) is 2.61. The second-order valence-corrected chi connectivity index (χ2v) is 3.08. The molecule has 0 aliphatic carbocycles. The molecule has 0 spiro atoms. The molecule has 0 bridgehead atoms. The van der Waals surface area contributed by atoms with Gasteiger partial charge in [-0.05, 0) is 6.92 Å². The predicted octanol–water partition coefficient (Wildman–Crippen LogP) is 2.60. The zero-order chi connectivity index (χ0) is 9.68. The largest absolute Gasteiger partial charge is 0.485 e. The smallest absolute Gasteiger partial charge is 0.157 e. The van der Waals surface area contributed by atoms with Gasteiger partial charge in [-0.25, -0.2) is 0 Å². The minimum absolute atomic E-state index is 0.278. The lowest BCUT2D eigenvalue weighted by Crippen LogP contribution is -1.96. The molecule has 0 N–H and O–H groups in total. The molecule has 1 heterocycles. The molecule has 0 radical (unpaired) electrons. The van der Waals surface area contributed by atoms with E-state index in [4.69, 9.17) is 27.9 Å². The van der Waals surface area contributed by atoms with Crippen molar-refractivity contribution >= 4 is 23.2 Å². The van der Waals surface area contributed by atoms with Crippen LogP contribution in [0.15, 0.2) is 23.0 Å². The zero-order valence-corrected chi connectivity index (χ0v) is 8.72. The molecule has 0 amide bonds. The van der Waals surface area contributed by atoms with Crippen molar-refractivity contribution in [2.75, 3.05) is 6.61 Å². The number of aromatic nitrogens is 2. The van der Waals surface area contributed by atoms with Crippen molar-refractivity contribution in [1.29, 1.82) is 0 Å². The molecule has 72 valence electrons. The first-order chi connectivity index (χ1) is 6.26. The molecule has 0 aliphatic rings. The van der Waals surface area contributed by atoms with Crippen LogP contribution in [0.4, 0.5) is 0 Å². The minimum atomic E-state index is 0.278. The Morgan fingerprint density at radius 3 is 3.08 bits per heavy atom. The van der Waals surface area contributed by atoms with Crippen LogP contribution < -0.4 is 4.74 Å². The van der Waals surface area contributed by atoms with Crippen molar-refractivity contribution in [2.45, 2.75) is 13.5 Å². The molecular formula is C8H10Cl2N2O. The van der Waals surface area contributed by atoms with Crippen molar-refractivity contribution < 1.29 is 4.74 Å². The molecule has 0 aliphatic heterocycles. The van der Waals surface area contributed by atoms with E-state index in [2.05, 4.69) is 5.10 Å². The van der Waals surface area contributed by atoms with Gasteiger partial charge in [-0.1, -0.05) is 23.2 Å². The summed E-state index contributed by atoms with van der Waals surface area (Å²) in [4.78, 5) is 0. The van der Waals surface area contributed by atoms with Crippen molar-refractivity contribution in [3.63, 3.8) is 0 Å². The number of ether oxygens (including phenoxy) is 1. The van der Waals surface area contributed by atoms with E-state index in [0.717, 1.165) is 6.54 Å². The van der Waals surface area contributed by atoms with Gasteiger partial charge in [-0.3, -0.25) is 4.68 Å². The first-order valence-electron chi connectivity index (χ1n) is 3.86. The number of halogens is 2. The lowest BCUT2D eigenvalue weighted by Gasteiger charge is -1.99. The summed E-state index contributed by atoms with van der Waals surface area (Å²) in [5, 5.41) is 4.50. The van der Waals surface area contributed by atoms with Crippen molar-refractivity contribution in [3.8, 4) is 5.75 Å². The Labute approximate surface area is 86.9 Å². The fraction of sp³-hybridized carbons (Fsp3) is 0.375. The summed E-state index contributed by atoms with van der Waals surface area (Å²) in [6.07, 6.45) is 3.44. The normalized spacial score (nSPS) is 11.8. The highest BCUT2D eigenvalue weighted by Gasteiger charge is 1.98. The fourth-order valence-corrected chi connectivity index (χ4v) is 0.893. The molecule has 0 unspecified atom stereocenters. The first kappa shape index (κ1) is 10.4. The van der Waals surface area contributed by atoms with Gasteiger partial charge in [0.1, 0.15) is 6.61 Å². The molecule has 0 fully saturated rings. The molecule has 1 rings (SSSR count). The highest BCUT2D eigenvalue weighted by molar-refractivity contribution is 6.36. The Balaban J connectivity index is 2.45. The second kappa shape index (κ2) is 5.14. The summed E-state index contributed by atoms with van der Waals surface area (Å²) in [5.74, 6) is 0.693. The number of nitrogens with zero attached hydrogens (tertiary/aromatic N) is 2. The van der Waals surface area contributed by atoms with E-state index < -0.39 is 0 Å². The first-order valence-corrected chi connectivity index (χ1v) is 4.67.